The zero-order valence-electron chi connectivity index (χ0n) is 11.6. The third-order valence-corrected chi connectivity index (χ3v) is 3.52. The highest BCUT2D eigenvalue weighted by Gasteiger charge is 2.25. The van der Waals surface area contributed by atoms with E-state index in [1.807, 2.05) is 43.3 Å². The average molecular weight is 277 g/mol. The summed E-state index contributed by atoms with van der Waals surface area (Å²) < 4.78 is 0. The molecule has 3 N–H and O–H groups in total. The van der Waals surface area contributed by atoms with Gasteiger partial charge in [-0.05, 0) is 29.2 Å². The van der Waals surface area contributed by atoms with E-state index in [0.29, 0.717) is 0 Å². The van der Waals surface area contributed by atoms with Crippen molar-refractivity contribution in [3.8, 4) is 0 Å². The van der Waals surface area contributed by atoms with E-state index in [1.54, 1.807) is 0 Å². The number of amides is 2. The van der Waals surface area contributed by atoms with Crippen molar-refractivity contribution in [1.29, 1.82) is 0 Å². The fraction of sp³-hybridized carbons (Fsp3) is 0.0588. The maximum atomic E-state index is 10.9. The monoisotopic (exact) mass is 277 g/mol. The molecule has 0 aliphatic heterocycles. The van der Waals surface area contributed by atoms with Gasteiger partial charge in [-0.15, -0.1) is 0 Å². The fourth-order valence-corrected chi connectivity index (χ4v) is 2.66. The second-order valence-corrected chi connectivity index (χ2v) is 4.85. The minimum atomic E-state index is -0.666. The molecular weight excluding hydrogens is 262 g/mol. The van der Waals surface area contributed by atoms with Gasteiger partial charge in [0.15, 0.2) is 0 Å². The van der Waals surface area contributed by atoms with Gasteiger partial charge >= 0.3 is 6.03 Å². The first-order valence-corrected chi connectivity index (χ1v) is 6.68. The van der Waals surface area contributed by atoms with Crippen LogP contribution in [0.25, 0.3) is 5.57 Å². The Bertz CT molecular complexity index is 761. The summed E-state index contributed by atoms with van der Waals surface area (Å²) >= 11 is 0. The van der Waals surface area contributed by atoms with Gasteiger partial charge < -0.3 is 5.73 Å². The van der Waals surface area contributed by atoms with Crippen molar-refractivity contribution in [2.75, 3.05) is 0 Å². The van der Waals surface area contributed by atoms with Gasteiger partial charge in [-0.3, -0.25) is 0 Å². The summed E-state index contributed by atoms with van der Waals surface area (Å²) in [5.74, 6) is 0. The minimum Gasteiger partial charge on any atom is -0.350 e. The maximum absolute atomic E-state index is 10.9. The first kappa shape index (κ1) is 13.1. The predicted molar refractivity (Wildman–Crippen MR) is 83.8 cm³/mol. The van der Waals surface area contributed by atoms with Crippen molar-refractivity contribution in [2.45, 2.75) is 6.92 Å². The van der Waals surface area contributed by atoms with E-state index >= 15 is 0 Å². The molecule has 2 aromatic rings. The number of hydrogen-bond acceptors (Lipinski definition) is 2. The molecule has 3 rings (SSSR count). The van der Waals surface area contributed by atoms with E-state index in [-0.39, 0.29) is 0 Å². The highest BCUT2D eigenvalue weighted by Crippen LogP contribution is 2.37. The number of nitrogens with two attached hydrogens (primary N) is 1. The molecular formula is C17H15N3O. The van der Waals surface area contributed by atoms with Gasteiger partial charge in [-0.2, -0.15) is 5.10 Å². The minimum absolute atomic E-state index is 0.666. The number of nitrogens with one attached hydrogen (secondary N) is 1. The van der Waals surface area contributed by atoms with E-state index in [4.69, 9.17) is 5.73 Å². The molecule has 4 nitrogen and oxygen atoms in total. The number of benzene rings is 2. The third-order valence-electron chi connectivity index (χ3n) is 3.52. The molecule has 0 radical (unpaired) electrons. The van der Waals surface area contributed by atoms with Crippen LogP contribution in [0.1, 0.15) is 23.6 Å². The van der Waals surface area contributed by atoms with Crippen LogP contribution in [0.2, 0.25) is 0 Å². The lowest BCUT2D eigenvalue weighted by atomic mass is 9.98. The van der Waals surface area contributed by atoms with E-state index in [2.05, 4.69) is 28.7 Å². The van der Waals surface area contributed by atoms with Crippen molar-refractivity contribution >= 4 is 17.3 Å². The van der Waals surface area contributed by atoms with Crippen LogP contribution in [-0.2, 0) is 0 Å². The normalized spacial score (nSPS) is 15.2. The smallest absolute Gasteiger partial charge is 0.332 e. The van der Waals surface area contributed by atoms with E-state index in [1.165, 1.54) is 0 Å². The predicted octanol–water partition coefficient (Wildman–Crippen LogP) is 2.89. The number of nitrogens with zero attached hydrogens (tertiary/aromatic N) is 1. The van der Waals surface area contributed by atoms with Crippen LogP contribution in [0.5, 0.6) is 0 Å². The lowest BCUT2D eigenvalue weighted by Crippen LogP contribution is -2.25. The number of hydrogen-bond donors (Lipinski definition) is 2. The second kappa shape index (κ2) is 5.25. The van der Waals surface area contributed by atoms with Crippen LogP contribution in [0.15, 0.2) is 65.3 Å². The molecule has 0 saturated heterocycles. The molecule has 1 aliphatic carbocycles. The fourth-order valence-electron chi connectivity index (χ4n) is 2.66. The molecule has 0 atom stereocenters. The van der Waals surface area contributed by atoms with E-state index in [9.17, 15) is 4.79 Å². The average Bonchev–Trinajstić information content (AvgIpc) is 2.78. The zero-order valence-corrected chi connectivity index (χ0v) is 11.6. The Hall–Kier alpha value is -2.88. The Morgan fingerprint density at radius 3 is 2.29 bits per heavy atom. The van der Waals surface area contributed by atoms with Crippen LogP contribution in [0.3, 0.4) is 0 Å². The Morgan fingerprint density at radius 2 is 1.62 bits per heavy atom. The standard InChI is InChI=1S/C17H15N3O/c1-11-15(12-7-3-2-4-8-12)13-9-5-6-10-14(13)16(11)19-20-17(18)21/h2-10H,1H3,(H3,18,20,21). The van der Waals surface area contributed by atoms with Crippen molar-refractivity contribution in [2.24, 2.45) is 10.8 Å². The van der Waals surface area contributed by atoms with Gasteiger partial charge in [-0.25, -0.2) is 10.2 Å². The lowest BCUT2D eigenvalue weighted by molar-refractivity contribution is 0.249. The molecule has 21 heavy (non-hydrogen) atoms. The van der Waals surface area contributed by atoms with Gasteiger partial charge in [0, 0.05) is 5.56 Å². The highest BCUT2D eigenvalue weighted by molar-refractivity contribution is 6.25. The van der Waals surface area contributed by atoms with Gasteiger partial charge in [0.05, 0.1) is 5.71 Å². The lowest BCUT2D eigenvalue weighted by Gasteiger charge is -2.05. The molecule has 0 aromatic heterocycles. The molecule has 0 unspecified atom stereocenters. The number of urea groups is 1. The number of rotatable bonds is 2. The summed E-state index contributed by atoms with van der Waals surface area (Å²) in [4.78, 5) is 10.9. The second-order valence-electron chi connectivity index (χ2n) is 4.85. The van der Waals surface area contributed by atoms with Crippen molar-refractivity contribution < 1.29 is 4.79 Å². The third kappa shape index (κ3) is 2.31. The number of primary amides is 1. The van der Waals surface area contributed by atoms with Crippen LogP contribution in [0.4, 0.5) is 4.79 Å². The molecule has 4 heteroatoms. The Labute approximate surface area is 123 Å². The molecule has 0 heterocycles. The van der Waals surface area contributed by atoms with Crippen LogP contribution in [0, 0.1) is 0 Å². The van der Waals surface area contributed by atoms with E-state index in [0.717, 1.165) is 33.5 Å². The zero-order chi connectivity index (χ0) is 14.8. The number of carbonyl (C=O) groups excluding carboxylic acids is 1. The van der Waals surface area contributed by atoms with E-state index < -0.39 is 6.03 Å². The highest BCUT2D eigenvalue weighted by atomic mass is 16.2. The SMILES string of the molecule is CC1=C(c2ccccc2)c2ccccc2C1=NNC(N)=O. The molecule has 104 valence electrons. The summed E-state index contributed by atoms with van der Waals surface area (Å²) in [6, 6.07) is 17.5. The molecule has 2 aromatic carbocycles. The van der Waals surface area contributed by atoms with Crippen molar-refractivity contribution in [3.05, 3.63) is 76.9 Å². The molecule has 1 aliphatic rings. The Balaban J connectivity index is 2.18. The summed E-state index contributed by atoms with van der Waals surface area (Å²) in [7, 11) is 0. The summed E-state index contributed by atoms with van der Waals surface area (Å²) in [5, 5.41) is 4.16. The number of allylic oxidation sites excluding steroid dienone is 1. The number of carbonyl (C=O) groups is 1. The largest absolute Gasteiger partial charge is 0.350 e. The molecule has 2 amide bonds. The van der Waals surface area contributed by atoms with Gasteiger partial charge in [0.25, 0.3) is 0 Å². The summed E-state index contributed by atoms with van der Waals surface area (Å²) in [5.41, 5.74) is 13.6. The number of hydrazone groups is 1. The molecule has 0 spiro atoms. The Morgan fingerprint density at radius 1 is 1.00 bits per heavy atom. The number of fused-ring (bicyclic) bond motifs is 1. The van der Waals surface area contributed by atoms with Crippen molar-refractivity contribution in [1.82, 2.24) is 5.43 Å². The summed E-state index contributed by atoms with van der Waals surface area (Å²) in [6.45, 7) is 2.00. The quantitative estimate of drug-likeness (QED) is 0.814. The Kier molecular flexibility index (Phi) is 3.28. The summed E-state index contributed by atoms with van der Waals surface area (Å²) in [6.07, 6.45) is 0. The maximum Gasteiger partial charge on any atom is 0.332 e. The van der Waals surface area contributed by atoms with Crippen LogP contribution < -0.4 is 11.2 Å². The first-order valence-electron chi connectivity index (χ1n) is 6.68. The topological polar surface area (TPSA) is 67.5 Å². The molecule has 0 saturated carbocycles. The molecule has 0 fully saturated rings. The van der Waals surface area contributed by atoms with Gasteiger partial charge in [0.2, 0.25) is 0 Å². The van der Waals surface area contributed by atoms with Gasteiger partial charge in [0.1, 0.15) is 0 Å². The van der Waals surface area contributed by atoms with Crippen LogP contribution in [-0.4, -0.2) is 11.7 Å². The van der Waals surface area contributed by atoms with Crippen LogP contribution >= 0.6 is 0 Å². The molecule has 0 bridgehead atoms. The van der Waals surface area contributed by atoms with Gasteiger partial charge in [-0.1, -0.05) is 54.6 Å². The van der Waals surface area contributed by atoms with Crippen molar-refractivity contribution in [3.63, 3.8) is 0 Å². The first-order chi connectivity index (χ1) is 10.2.